The molecule has 144 valence electrons. The van der Waals surface area contributed by atoms with Gasteiger partial charge in [-0.25, -0.2) is 4.79 Å². The van der Waals surface area contributed by atoms with Crippen molar-refractivity contribution in [2.75, 3.05) is 0 Å². The first kappa shape index (κ1) is 18.6. The lowest BCUT2D eigenvalue weighted by Gasteiger charge is -2.09. The Hall–Kier alpha value is -3.77. The second-order valence-electron chi connectivity index (χ2n) is 6.33. The van der Waals surface area contributed by atoms with Crippen LogP contribution in [0.25, 0.3) is 26.6 Å². The molecular formula is C23H16O5S. The Labute approximate surface area is 170 Å². The highest BCUT2D eigenvalue weighted by Gasteiger charge is 2.17. The van der Waals surface area contributed by atoms with E-state index in [4.69, 9.17) is 9.84 Å². The predicted octanol–water partition coefficient (Wildman–Crippen LogP) is 5.87. The van der Waals surface area contributed by atoms with Gasteiger partial charge in [0.15, 0.2) is 5.75 Å². The van der Waals surface area contributed by atoms with E-state index in [0.29, 0.717) is 11.5 Å². The molecule has 3 N–H and O–H groups in total. The van der Waals surface area contributed by atoms with E-state index in [2.05, 4.69) is 0 Å². The number of thiophene rings is 1. The van der Waals surface area contributed by atoms with E-state index < -0.39 is 5.97 Å². The number of phenols is 2. The first-order chi connectivity index (χ1) is 14.0. The summed E-state index contributed by atoms with van der Waals surface area (Å²) in [5.41, 5.74) is 1.64. The molecule has 0 aliphatic heterocycles. The molecule has 1 heterocycles. The number of benzene rings is 3. The van der Waals surface area contributed by atoms with Gasteiger partial charge < -0.3 is 20.1 Å². The monoisotopic (exact) mass is 404 g/mol. The maximum atomic E-state index is 10.6. The largest absolute Gasteiger partial charge is 0.508 e. The third-order valence-electron chi connectivity index (χ3n) is 4.28. The van der Waals surface area contributed by atoms with Crippen molar-refractivity contribution in [2.45, 2.75) is 0 Å². The molecule has 0 atom stereocenters. The summed E-state index contributed by atoms with van der Waals surface area (Å²) in [6.45, 7) is 0. The molecule has 4 aromatic rings. The molecule has 0 fully saturated rings. The summed E-state index contributed by atoms with van der Waals surface area (Å²) >= 11 is 1.49. The average Bonchev–Trinajstić information content (AvgIpc) is 3.05. The summed E-state index contributed by atoms with van der Waals surface area (Å²) in [4.78, 5) is 11.5. The van der Waals surface area contributed by atoms with E-state index in [-0.39, 0.29) is 11.5 Å². The highest BCUT2D eigenvalue weighted by atomic mass is 32.1. The zero-order chi connectivity index (χ0) is 20.4. The minimum atomic E-state index is -1.00. The van der Waals surface area contributed by atoms with Crippen LogP contribution in [0.4, 0.5) is 0 Å². The van der Waals surface area contributed by atoms with Crippen LogP contribution in [0, 0.1) is 0 Å². The highest BCUT2D eigenvalue weighted by molar-refractivity contribution is 7.22. The lowest BCUT2D eigenvalue weighted by Crippen LogP contribution is -1.87. The number of phenolic OH excluding ortho intramolecular Hbond substituents is 2. The lowest BCUT2D eigenvalue weighted by molar-refractivity contribution is -0.131. The molecule has 0 spiro atoms. The van der Waals surface area contributed by atoms with Crippen molar-refractivity contribution in [2.24, 2.45) is 0 Å². The number of ether oxygens (including phenoxy) is 1. The van der Waals surface area contributed by atoms with Gasteiger partial charge >= 0.3 is 5.97 Å². The van der Waals surface area contributed by atoms with E-state index in [1.54, 1.807) is 48.5 Å². The van der Waals surface area contributed by atoms with Crippen LogP contribution in [-0.4, -0.2) is 21.3 Å². The normalized spacial score (nSPS) is 11.2. The fraction of sp³-hybridized carbons (Fsp3) is 0. The van der Waals surface area contributed by atoms with Crippen LogP contribution in [0.3, 0.4) is 0 Å². The van der Waals surface area contributed by atoms with Gasteiger partial charge in [0.05, 0.1) is 4.88 Å². The number of rotatable bonds is 5. The van der Waals surface area contributed by atoms with E-state index in [0.717, 1.165) is 32.2 Å². The number of aliphatic carboxylic acids is 1. The van der Waals surface area contributed by atoms with Gasteiger partial charge in [-0.2, -0.15) is 0 Å². The number of fused-ring (bicyclic) bond motifs is 1. The molecule has 29 heavy (non-hydrogen) atoms. The Kier molecular flexibility index (Phi) is 4.93. The molecule has 6 heteroatoms. The molecule has 0 aliphatic carbocycles. The van der Waals surface area contributed by atoms with Crippen molar-refractivity contribution < 1.29 is 24.9 Å². The van der Waals surface area contributed by atoms with E-state index in [9.17, 15) is 15.0 Å². The van der Waals surface area contributed by atoms with E-state index >= 15 is 0 Å². The quantitative estimate of drug-likeness (QED) is 0.362. The summed E-state index contributed by atoms with van der Waals surface area (Å²) in [5, 5.41) is 29.0. The van der Waals surface area contributed by atoms with Crippen LogP contribution < -0.4 is 4.74 Å². The van der Waals surface area contributed by atoms with Crippen LogP contribution in [0.5, 0.6) is 23.0 Å². The van der Waals surface area contributed by atoms with Gasteiger partial charge in [-0.3, -0.25) is 0 Å². The number of carboxylic acids is 1. The zero-order valence-corrected chi connectivity index (χ0v) is 15.9. The van der Waals surface area contributed by atoms with Gasteiger partial charge in [-0.05, 0) is 71.8 Å². The topological polar surface area (TPSA) is 87.0 Å². The summed E-state index contributed by atoms with van der Waals surface area (Å²) in [6, 6.07) is 19.1. The van der Waals surface area contributed by atoms with Gasteiger partial charge in [0.1, 0.15) is 17.2 Å². The second-order valence-corrected chi connectivity index (χ2v) is 7.38. The smallest absolute Gasteiger partial charge is 0.328 e. The standard InChI is InChI=1S/C23H16O5S/c24-16-6-4-15(5-7-16)23-22(19-11-8-17(25)13-20(19)29-23)28-18-9-1-14(2-10-18)3-12-21(26)27/h1-13,24-25H,(H,26,27)/b12-3+. The highest BCUT2D eigenvalue weighted by Crippen LogP contribution is 2.47. The molecule has 0 amide bonds. The molecular weight excluding hydrogens is 388 g/mol. The first-order valence-corrected chi connectivity index (χ1v) is 9.55. The van der Waals surface area contributed by atoms with Crippen molar-refractivity contribution in [1.29, 1.82) is 0 Å². The van der Waals surface area contributed by atoms with Crippen LogP contribution in [0.2, 0.25) is 0 Å². The van der Waals surface area contributed by atoms with Gasteiger partial charge in [0.2, 0.25) is 0 Å². The van der Waals surface area contributed by atoms with Crippen molar-refractivity contribution in [3.63, 3.8) is 0 Å². The Balaban J connectivity index is 1.75. The minimum Gasteiger partial charge on any atom is -0.508 e. The van der Waals surface area contributed by atoms with Crippen LogP contribution in [0.1, 0.15) is 5.56 Å². The molecule has 0 radical (unpaired) electrons. The maximum Gasteiger partial charge on any atom is 0.328 e. The summed E-state index contributed by atoms with van der Waals surface area (Å²) < 4.78 is 7.07. The molecule has 0 aliphatic rings. The average molecular weight is 404 g/mol. The van der Waals surface area contributed by atoms with Gasteiger partial charge in [0.25, 0.3) is 0 Å². The molecule has 0 bridgehead atoms. The Morgan fingerprint density at radius 1 is 0.897 bits per heavy atom. The molecule has 0 unspecified atom stereocenters. The summed E-state index contributed by atoms with van der Waals surface area (Å²) in [5.74, 6) is 0.615. The lowest BCUT2D eigenvalue weighted by atomic mass is 10.1. The molecule has 0 saturated heterocycles. The number of carboxylic acid groups (broad SMARTS) is 1. The van der Waals surface area contributed by atoms with Gasteiger partial charge in [-0.15, -0.1) is 11.3 Å². The van der Waals surface area contributed by atoms with Gasteiger partial charge in [0, 0.05) is 16.2 Å². The van der Waals surface area contributed by atoms with Crippen molar-refractivity contribution in [3.05, 3.63) is 78.4 Å². The first-order valence-electron chi connectivity index (χ1n) is 8.73. The van der Waals surface area contributed by atoms with Crippen molar-refractivity contribution in [3.8, 4) is 33.4 Å². The molecule has 1 aromatic heterocycles. The molecule has 4 rings (SSSR count). The van der Waals surface area contributed by atoms with Crippen LogP contribution in [-0.2, 0) is 4.79 Å². The maximum absolute atomic E-state index is 10.6. The molecule has 0 saturated carbocycles. The molecule has 5 nitrogen and oxygen atoms in total. The number of carbonyl (C=O) groups is 1. The van der Waals surface area contributed by atoms with Gasteiger partial charge in [-0.1, -0.05) is 12.1 Å². The Bertz CT molecular complexity index is 1200. The predicted molar refractivity (Wildman–Crippen MR) is 114 cm³/mol. The summed E-state index contributed by atoms with van der Waals surface area (Å²) in [7, 11) is 0. The summed E-state index contributed by atoms with van der Waals surface area (Å²) in [6.07, 6.45) is 2.59. The van der Waals surface area contributed by atoms with E-state index in [1.165, 1.54) is 17.4 Å². The number of aromatic hydroxyl groups is 2. The fourth-order valence-electron chi connectivity index (χ4n) is 2.90. The second kappa shape index (κ2) is 7.69. The Morgan fingerprint density at radius 3 is 2.28 bits per heavy atom. The Morgan fingerprint density at radius 2 is 1.59 bits per heavy atom. The number of hydrogen-bond donors (Lipinski definition) is 3. The van der Waals surface area contributed by atoms with Crippen LogP contribution in [0.15, 0.2) is 72.8 Å². The van der Waals surface area contributed by atoms with Crippen molar-refractivity contribution in [1.82, 2.24) is 0 Å². The fourth-order valence-corrected chi connectivity index (χ4v) is 4.07. The third-order valence-corrected chi connectivity index (χ3v) is 5.46. The van der Waals surface area contributed by atoms with Crippen molar-refractivity contribution >= 4 is 33.5 Å². The van der Waals surface area contributed by atoms with E-state index in [1.807, 2.05) is 18.2 Å². The van der Waals surface area contributed by atoms with Crippen LogP contribution >= 0.6 is 11.3 Å². The zero-order valence-electron chi connectivity index (χ0n) is 15.1. The number of hydrogen-bond acceptors (Lipinski definition) is 5. The third kappa shape index (κ3) is 4.07. The molecule has 3 aromatic carbocycles. The SMILES string of the molecule is O=C(O)/C=C/c1ccc(Oc2c(-c3ccc(O)cc3)sc3cc(O)ccc23)cc1. The minimum absolute atomic E-state index is 0.178.